The molecule has 6 nitrogen and oxygen atoms in total. The lowest BCUT2D eigenvalue weighted by Crippen LogP contribution is -2.36. The van der Waals surface area contributed by atoms with Gasteiger partial charge in [-0.1, -0.05) is 6.92 Å². The number of hydrogen-bond donors (Lipinski definition) is 2. The van der Waals surface area contributed by atoms with Crippen molar-refractivity contribution in [1.82, 2.24) is 25.4 Å². The van der Waals surface area contributed by atoms with Crippen LogP contribution in [0.3, 0.4) is 0 Å². The van der Waals surface area contributed by atoms with Gasteiger partial charge in [0.15, 0.2) is 0 Å². The number of nitrogens with zero attached hydrogens (tertiary/aromatic N) is 3. The van der Waals surface area contributed by atoms with Crippen LogP contribution >= 0.6 is 36.2 Å². The van der Waals surface area contributed by atoms with E-state index in [1.165, 1.54) is 0 Å². The van der Waals surface area contributed by atoms with E-state index >= 15 is 0 Å². The van der Waals surface area contributed by atoms with Gasteiger partial charge in [-0.05, 0) is 13.5 Å². The second-order valence-electron chi connectivity index (χ2n) is 4.80. The number of rotatable bonds is 7. The number of aryl methyl sites for hydroxylation is 2. The largest absolute Gasteiger partial charge is 0.354 e. The number of carbonyl (C=O) groups excluding carboxylic acids is 1. The third-order valence-corrected chi connectivity index (χ3v) is 4.23. The van der Waals surface area contributed by atoms with Crippen LogP contribution < -0.4 is 10.6 Å². The first-order valence-corrected chi connectivity index (χ1v) is 7.88. The Morgan fingerprint density at radius 1 is 1.43 bits per heavy atom. The van der Waals surface area contributed by atoms with Gasteiger partial charge >= 0.3 is 0 Å². The van der Waals surface area contributed by atoms with E-state index in [2.05, 4.69) is 33.0 Å². The molecule has 0 aliphatic carbocycles. The van der Waals surface area contributed by atoms with Crippen LogP contribution in [0.1, 0.15) is 29.2 Å². The Balaban J connectivity index is 0.00000242. The van der Waals surface area contributed by atoms with E-state index in [-0.39, 0.29) is 36.8 Å². The highest BCUT2D eigenvalue weighted by Crippen LogP contribution is 2.12. The number of thiazole rings is 1. The smallest absolute Gasteiger partial charge is 0.241 e. The standard InChI is InChI=1S/C14H21N5OS.2ClH/c1-4-12-18-11(9-21-12)5-6-16-14(20)13(15-2)10-7-17-19(3)8-10;;/h7-9,13,15H,4-6H2,1-3H3,(H,16,20);2*1H. The zero-order chi connectivity index (χ0) is 15.2. The lowest BCUT2D eigenvalue weighted by atomic mass is 10.1. The lowest BCUT2D eigenvalue weighted by molar-refractivity contribution is -0.123. The van der Waals surface area contributed by atoms with Gasteiger partial charge in [0.05, 0.1) is 16.9 Å². The maximum atomic E-state index is 12.2. The average Bonchev–Trinajstić information content (AvgIpc) is 3.09. The normalized spacial score (nSPS) is 11.3. The van der Waals surface area contributed by atoms with Gasteiger partial charge in [0, 0.05) is 37.2 Å². The minimum Gasteiger partial charge on any atom is -0.354 e. The van der Waals surface area contributed by atoms with Gasteiger partial charge in [0.25, 0.3) is 0 Å². The minimum atomic E-state index is -0.375. The molecular weight excluding hydrogens is 357 g/mol. The summed E-state index contributed by atoms with van der Waals surface area (Å²) in [5, 5.41) is 13.2. The molecule has 0 aliphatic heterocycles. The maximum Gasteiger partial charge on any atom is 0.241 e. The summed E-state index contributed by atoms with van der Waals surface area (Å²) in [7, 11) is 3.60. The maximum absolute atomic E-state index is 12.2. The fourth-order valence-electron chi connectivity index (χ4n) is 2.08. The summed E-state index contributed by atoms with van der Waals surface area (Å²) in [4.78, 5) is 16.7. The van der Waals surface area contributed by atoms with Crippen LogP contribution in [-0.4, -0.2) is 34.3 Å². The minimum absolute atomic E-state index is 0. The molecule has 2 aromatic rings. The summed E-state index contributed by atoms with van der Waals surface area (Å²) in [6.07, 6.45) is 5.26. The molecule has 2 rings (SSSR count). The van der Waals surface area contributed by atoms with Gasteiger partial charge in [0.2, 0.25) is 5.91 Å². The molecule has 1 unspecified atom stereocenters. The molecule has 1 atom stereocenters. The summed E-state index contributed by atoms with van der Waals surface area (Å²) in [6, 6.07) is -0.375. The van der Waals surface area contributed by atoms with Crippen molar-refractivity contribution in [3.63, 3.8) is 0 Å². The topological polar surface area (TPSA) is 71.8 Å². The van der Waals surface area contributed by atoms with Crippen LogP contribution in [0.5, 0.6) is 0 Å². The molecule has 2 heterocycles. The van der Waals surface area contributed by atoms with Crippen molar-refractivity contribution in [3.05, 3.63) is 34.0 Å². The van der Waals surface area contributed by atoms with Gasteiger partial charge in [-0.15, -0.1) is 36.2 Å². The summed E-state index contributed by atoms with van der Waals surface area (Å²) < 4.78 is 1.69. The predicted octanol–water partition coefficient (Wildman–Crippen LogP) is 1.90. The first kappa shape index (κ1) is 21.9. The third kappa shape index (κ3) is 6.10. The SMILES string of the molecule is CCc1nc(CCNC(=O)C(NC)c2cnn(C)c2)cs1.Cl.Cl. The van der Waals surface area contributed by atoms with Crippen LogP contribution in [0.15, 0.2) is 17.8 Å². The summed E-state index contributed by atoms with van der Waals surface area (Å²) >= 11 is 1.67. The second-order valence-corrected chi connectivity index (χ2v) is 5.74. The van der Waals surface area contributed by atoms with Gasteiger partial charge in [-0.25, -0.2) is 4.98 Å². The van der Waals surface area contributed by atoms with Crippen molar-refractivity contribution < 1.29 is 4.79 Å². The van der Waals surface area contributed by atoms with E-state index in [4.69, 9.17) is 0 Å². The molecule has 0 saturated heterocycles. The van der Waals surface area contributed by atoms with Crippen LogP contribution in [-0.2, 0) is 24.7 Å². The number of likely N-dealkylation sites (N-methyl/N-ethyl adjacent to an activating group) is 1. The number of aromatic nitrogens is 3. The Bertz CT molecular complexity index is 602. The molecule has 0 saturated carbocycles. The summed E-state index contributed by atoms with van der Waals surface area (Å²) in [5.74, 6) is -0.0450. The van der Waals surface area contributed by atoms with Crippen molar-refractivity contribution in [1.29, 1.82) is 0 Å². The average molecular weight is 380 g/mol. The molecule has 0 aliphatic rings. The van der Waals surface area contributed by atoms with E-state index in [9.17, 15) is 4.79 Å². The van der Waals surface area contributed by atoms with Crippen LogP contribution in [0, 0.1) is 0 Å². The highest BCUT2D eigenvalue weighted by atomic mass is 35.5. The quantitative estimate of drug-likeness (QED) is 0.770. The van der Waals surface area contributed by atoms with Crippen LogP contribution in [0.25, 0.3) is 0 Å². The number of hydrogen-bond acceptors (Lipinski definition) is 5. The molecule has 1 amide bonds. The fraction of sp³-hybridized carbons (Fsp3) is 0.500. The van der Waals surface area contributed by atoms with Crippen LogP contribution in [0.2, 0.25) is 0 Å². The van der Waals surface area contributed by atoms with Crippen molar-refractivity contribution in [2.45, 2.75) is 25.8 Å². The van der Waals surface area contributed by atoms with Gasteiger partial charge in [-0.3, -0.25) is 9.48 Å². The third-order valence-electron chi connectivity index (χ3n) is 3.19. The highest BCUT2D eigenvalue weighted by Gasteiger charge is 2.19. The molecule has 2 aromatic heterocycles. The Morgan fingerprint density at radius 3 is 2.70 bits per heavy atom. The van der Waals surface area contributed by atoms with E-state index < -0.39 is 0 Å². The zero-order valence-corrected chi connectivity index (χ0v) is 15.9. The first-order chi connectivity index (χ1) is 10.1. The number of nitrogens with one attached hydrogen (secondary N) is 2. The van der Waals surface area contributed by atoms with Crippen LogP contribution in [0.4, 0.5) is 0 Å². The molecule has 0 fully saturated rings. The highest BCUT2D eigenvalue weighted by molar-refractivity contribution is 7.09. The monoisotopic (exact) mass is 379 g/mol. The second kappa shape index (κ2) is 10.6. The molecule has 0 bridgehead atoms. The van der Waals surface area contributed by atoms with E-state index in [1.807, 2.05) is 13.2 Å². The fourth-order valence-corrected chi connectivity index (χ4v) is 2.86. The zero-order valence-electron chi connectivity index (χ0n) is 13.4. The lowest BCUT2D eigenvalue weighted by Gasteiger charge is -2.14. The molecule has 23 heavy (non-hydrogen) atoms. The van der Waals surface area contributed by atoms with Crippen molar-refractivity contribution in [2.75, 3.05) is 13.6 Å². The predicted molar refractivity (Wildman–Crippen MR) is 97.7 cm³/mol. The first-order valence-electron chi connectivity index (χ1n) is 7.00. The molecule has 130 valence electrons. The Kier molecular flexibility index (Phi) is 10.1. The van der Waals surface area contributed by atoms with E-state index in [0.29, 0.717) is 6.54 Å². The van der Waals surface area contributed by atoms with Crippen molar-refractivity contribution in [3.8, 4) is 0 Å². The Morgan fingerprint density at radius 2 is 2.17 bits per heavy atom. The summed E-state index contributed by atoms with van der Waals surface area (Å²) in [6.45, 7) is 2.68. The van der Waals surface area contributed by atoms with Crippen molar-refractivity contribution in [2.24, 2.45) is 7.05 Å². The van der Waals surface area contributed by atoms with Gasteiger partial charge in [0.1, 0.15) is 6.04 Å². The molecule has 9 heteroatoms. The van der Waals surface area contributed by atoms with Crippen molar-refractivity contribution >= 4 is 42.1 Å². The molecule has 0 spiro atoms. The molecule has 2 N–H and O–H groups in total. The van der Waals surface area contributed by atoms with Gasteiger partial charge < -0.3 is 10.6 Å². The Labute approximate surface area is 152 Å². The Hall–Kier alpha value is -1.15. The molecule has 0 radical (unpaired) electrons. The molecule has 0 aromatic carbocycles. The number of carbonyl (C=O) groups is 1. The van der Waals surface area contributed by atoms with Gasteiger partial charge in [-0.2, -0.15) is 5.10 Å². The summed E-state index contributed by atoms with van der Waals surface area (Å²) in [5.41, 5.74) is 1.90. The number of amides is 1. The van der Waals surface area contributed by atoms with E-state index in [0.717, 1.165) is 29.1 Å². The molecular formula is C14H23Cl2N5OS. The van der Waals surface area contributed by atoms with E-state index in [1.54, 1.807) is 29.3 Å². The number of halogens is 2.